The van der Waals surface area contributed by atoms with Crippen LogP contribution in [0.15, 0.2) is 114 Å². The van der Waals surface area contributed by atoms with Gasteiger partial charge in [-0.3, -0.25) is 14.3 Å². The summed E-state index contributed by atoms with van der Waals surface area (Å²) in [5, 5.41) is 2.91. The van der Waals surface area contributed by atoms with Gasteiger partial charge in [-0.05, 0) is 73.0 Å². The molecule has 4 aromatic carbocycles. The molecule has 218 valence electrons. The van der Waals surface area contributed by atoms with E-state index in [-0.39, 0.29) is 35.4 Å². The molecule has 1 atom stereocenters. The second-order valence-corrected chi connectivity index (χ2v) is 11.3. The molecule has 0 aliphatic carbocycles. The van der Waals surface area contributed by atoms with Crippen molar-refractivity contribution in [1.29, 1.82) is 0 Å². The number of carbonyl (C=O) groups is 2. The van der Waals surface area contributed by atoms with Crippen LogP contribution in [0.5, 0.6) is 5.75 Å². The zero-order chi connectivity index (χ0) is 30.0. The third kappa shape index (κ3) is 8.65. The highest BCUT2D eigenvalue weighted by atomic mass is 32.2. The summed E-state index contributed by atoms with van der Waals surface area (Å²) in [6, 6.07) is 28.9. The Labute approximate surface area is 245 Å². The molecule has 0 aliphatic heterocycles. The minimum Gasteiger partial charge on any atom is -0.484 e. The summed E-state index contributed by atoms with van der Waals surface area (Å²) < 4.78 is 46.5. The monoisotopic (exact) mass is 589 g/mol. The lowest BCUT2D eigenvalue weighted by atomic mass is 10.1. The topological polar surface area (TPSA) is 105 Å². The van der Waals surface area contributed by atoms with Crippen molar-refractivity contribution in [2.45, 2.75) is 30.8 Å². The predicted molar refractivity (Wildman–Crippen MR) is 159 cm³/mol. The molecule has 0 aliphatic rings. The Hall–Kier alpha value is -4.70. The number of ether oxygens (including phenoxy) is 1. The lowest BCUT2D eigenvalue weighted by Crippen LogP contribution is -2.49. The minimum absolute atomic E-state index is 0.0306. The zero-order valence-corrected chi connectivity index (χ0v) is 23.9. The normalized spacial score (nSPS) is 11.8. The molecule has 8 nitrogen and oxygen atoms in total. The second kappa shape index (κ2) is 14.3. The molecule has 42 heavy (non-hydrogen) atoms. The fourth-order valence-electron chi connectivity index (χ4n) is 4.16. The van der Waals surface area contributed by atoms with Crippen molar-refractivity contribution in [1.82, 2.24) is 10.2 Å². The number of hydrogen-bond acceptors (Lipinski definition) is 5. The van der Waals surface area contributed by atoms with Gasteiger partial charge in [0, 0.05) is 18.8 Å². The van der Waals surface area contributed by atoms with E-state index in [0.29, 0.717) is 13.0 Å². The van der Waals surface area contributed by atoms with Crippen LogP contribution in [0.25, 0.3) is 0 Å². The number of amides is 2. The van der Waals surface area contributed by atoms with Gasteiger partial charge in [0.2, 0.25) is 5.91 Å². The molecule has 0 saturated carbocycles. The van der Waals surface area contributed by atoms with Gasteiger partial charge in [-0.1, -0.05) is 60.7 Å². The number of hydrogen-bond donors (Lipinski definition) is 2. The van der Waals surface area contributed by atoms with Crippen LogP contribution >= 0.6 is 0 Å². The number of nitrogens with zero attached hydrogens (tertiary/aromatic N) is 1. The predicted octanol–water partition coefficient (Wildman–Crippen LogP) is 4.78. The number of benzene rings is 4. The van der Waals surface area contributed by atoms with Crippen LogP contribution in [0.3, 0.4) is 0 Å². The smallest absolute Gasteiger partial charge is 0.261 e. The van der Waals surface area contributed by atoms with Crippen LogP contribution in [0.2, 0.25) is 0 Å². The molecular formula is C32H32FN3O5S. The Morgan fingerprint density at radius 1 is 0.833 bits per heavy atom. The SMILES string of the molecule is C[C@H](C(=O)NCCc1ccccc1)N(Cc1ccccc1)C(=O)COc1ccc(S(=O)(=O)Nc2ccc(F)cc2)cc1. The maximum absolute atomic E-state index is 13.3. The van der Waals surface area contributed by atoms with Crippen molar-refractivity contribution in [2.24, 2.45) is 0 Å². The molecule has 0 saturated heterocycles. The molecule has 10 heteroatoms. The summed E-state index contributed by atoms with van der Waals surface area (Å²) in [6.45, 7) is 1.96. The third-order valence-electron chi connectivity index (χ3n) is 6.51. The fraction of sp³-hybridized carbons (Fsp3) is 0.188. The van der Waals surface area contributed by atoms with Crippen LogP contribution in [-0.2, 0) is 32.6 Å². The maximum Gasteiger partial charge on any atom is 0.261 e. The van der Waals surface area contributed by atoms with E-state index < -0.39 is 27.8 Å². The highest BCUT2D eigenvalue weighted by Crippen LogP contribution is 2.20. The third-order valence-corrected chi connectivity index (χ3v) is 7.91. The molecule has 2 amide bonds. The summed E-state index contributed by atoms with van der Waals surface area (Å²) in [6.07, 6.45) is 0.667. The van der Waals surface area contributed by atoms with Gasteiger partial charge in [-0.2, -0.15) is 0 Å². The minimum atomic E-state index is -3.92. The van der Waals surface area contributed by atoms with Gasteiger partial charge in [0.05, 0.1) is 4.90 Å². The lowest BCUT2D eigenvalue weighted by molar-refractivity contribution is -0.142. The van der Waals surface area contributed by atoms with Gasteiger partial charge in [-0.25, -0.2) is 12.8 Å². The van der Waals surface area contributed by atoms with Crippen molar-refractivity contribution in [3.05, 3.63) is 126 Å². The average molecular weight is 590 g/mol. The van der Waals surface area contributed by atoms with E-state index in [4.69, 9.17) is 4.74 Å². The number of carbonyl (C=O) groups excluding carboxylic acids is 2. The summed E-state index contributed by atoms with van der Waals surface area (Å²) >= 11 is 0. The number of nitrogens with one attached hydrogen (secondary N) is 2. The molecular weight excluding hydrogens is 557 g/mol. The summed E-state index contributed by atoms with van der Waals surface area (Å²) in [4.78, 5) is 27.7. The second-order valence-electron chi connectivity index (χ2n) is 9.58. The lowest BCUT2D eigenvalue weighted by Gasteiger charge is -2.28. The first-order chi connectivity index (χ1) is 20.2. The molecule has 0 unspecified atom stereocenters. The molecule has 0 heterocycles. The van der Waals surface area contributed by atoms with Crippen molar-refractivity contribution in [2.75, 3.05) is 17.9 Å². The van der Waals surface area contributed by atoms with Crippen molar-refractivity contribution < 1.29 is 27.1 Å². The van der Waals surface area contributed by atoms with Crippen molar-refractivity contribution >= 4 is 27.5 Å². The van der Waals surface area contributed by atoms with Crippen molar-refractivity contribution in [3.63, 3.8) is 0 Å². The molecule has 4 rings (SSSR count). The van der Waals surface area contributed by atoms with Gasteiger partial charge in [0.25, 0.3) is 15.9 Å². The Balaban J connectivity index is 1.37. The van der Waals surface area contributed by atoms with Gasteiger partial charge < -0.3 is 15.0 Å². The standard InChI is InChI=1S/C32H32FN3O5S/c1-24(32(38)34-21-20-25-8-4-2-5-9-25)36(22-26-10-6-3-7-11-26)31(37)23-41-29-16-18-30(19-17-29)42(39,40)35-28-14-12-27(33)13-15-28/h2-19,24,35H,20-23H2,1H3,(H,34,38)/t24-/m1/s1. The van der Waals surface area contributed by atoms with E-state index in [1.54, 1.807) is 6.92 Å². The van der Waals surface area contributed by atoms with E-state index in [9.17, 15) is 22.4 Å². The average Bonchev–Trinajstić information content (AvgIpc) is 3.00. The molecule has 0 spiro atoms. The van der Waals surface area contributed by atoms with E-state index in [1.165, 1.54) is 41.3 Å². The number of anilines is 1. The molecule has 2 N–H and O–H groups in total. The Morgan fingerprint density at radius 2 is 1.43 bits per heavy atom. The molecule has 0 fully saturated rings. The first-order valence-corrected chi connectivity index (χ1v) is 14.9. The van der Waals surface area contributed by atoms with Gasteiger partial charge in [-0.15, -0.1) is 0 Å². The van der Waals surface area contributed by atoms with E-state index in [1.807, 2.05) is 60.7 Å². The molecule has 0 bridgehead atoms. The van der Waals surface area contributed by atoms with Gasteiger partial charge >= 0.3 is 0 Å². The quantitative estimate of drug-likeness (QED) is 0.234. The van der Waals surface area contributed by atoms with Gasteiger partial charge in [0.15, 0.2) is 6.61 Å². The van der Waals surface area contributed by atoms with Gasteiger partial charge in [0.1, 0.15) is 17.6 Å². The van der Waals surface area contributed by atoms with E-state index >= 15 is 0 Å². The summed E-state index contributed by atoms with van der Waals surface area (Å²) in [7, 11) is -3.92. The Bertz CT molecular complexity index is 1570. The van der Waals surface area contributed by atoms with E-state index in [0.717, 1.165) is 23.3 Å². The first kappa shape index (κ1) is 30.3. The first-order valence-electron chi connectivity index (χ1n) is 13.4. The van der Waals surface area contributed by atoms with Crippen LogP contribution in [0, 0.1) is 5.82 Å². The molecule has 4 aromatic rings. The Morgan fingerprint density at radius 3 is 2.05 bits per heavy atom. The molecule has 0 radical (unpaired) electrons. The van der Waals surface area contributed by atoms with Crippen molar-refractivity contribution in [3.8, 4) is 5.75 Å². The zero-order valence-electron chi connectivity index (χ0n) is 23.1. The maximum atomic E-state index is 13.3. The molecule has 0 aromatic heterocycles. The largest absolute Gasteiger partial charge is 0.484 e. The number of rotatable bonds is 13. The number of halogens is 1. The fourth-order valence-corrected chi connectivity index (χ4v) is 5.22. The van der Waals surface area contributed by atoms with E-state index in [2.05, 4.69) is 10.0 Å². The highest BCUT2D eigenvalue weighted by Gasteiger charge is 2.26. The summed E-state index contributed by atoms with van der Waals surface area (Å²) in [5.74, 6) is -0.879. The number of sulfonamides is 1. The summed E-state index contributed by atoms with van der Waals surface area (Å²) in [5.41, 5.74) is 2.18. The van der Waals surface area contributed by atoms with Crippen LogP contribution < -0.4 is 14.8 Å². The van der Waals surface area contributed by atoms with Crippen LogP contribution in [0.1, 0.15) is 18.1 Å². The Kier molecular flexibility index (Phi) is 10.3. The highest BCUT2D eigenvalue weighted by molar-refractivity contribution is 7.92. The van der Waals surface area contributed by atoms with Crippen LogP contribution in [0.4, 0.5) is 10.1 Å². The van der Waals surface area contributed by atoms with Crippen LogP contribution in [-0.4, -0.2) is 44.3 Å².